The van der Waals surface area contributed by atoms with Crippen molar-refractivity contribution in [1.29, 1.82) is 0 Å². The number of allylic oxidation sites excluding steroid dienone is 9. The third-order valence-electron chi connectivity index (χ3n) is 12.6. The second-order valence-corrected chi connectivity index (χ2v) is 18.6. The first-order valence-electron chi connectivity index (χ1n) is 27.0. The molecule has 6 N–H and O–H groups in total. The van der Waals surface area contributed by atoms with E-state index >= 15 is 0 Å². The molecule has 9 heteroatoms. The Labute approximate surface area is 398 Å². The number of rotatable bonds is 45. The van der Waals surface area contributed by atoms with Gasteiger partial charge in [0.05, 0.1) is 25.4 Å². The van der Waals surface area contributed by atoms with Crippen LogP contribution in [0.2, 0.25) is 0 Å². The van der Waals surface area contributed by atoms with Crippen LogP contribution in [0.25, 0.3) is 0 Å². The fourth-order valence-electron chi connectivity index (χ4n) is 8.30. The highest BCUT2D eigenvalue weighted by atomic mass is 16.7. The van der Waals surface area contributed by atoms with Gasteiger partial charge >= 0.3 is 0 Å². The number of unbranched alkanes of at least 4 members (excludes halogenated alkanes) is 27. The summed E-state index contributed by atoms with van der Waals surface area (Å²) >= 11 is 0. The second kappa shape index (κ2) is 45.7. The van der Waals surface area contributed by atoms with Crippen LogP contribution in [0.5, 0.6) is 0 Å². The van der Waals surface area contributed by atoms with E-state index in [4.69, 9.17) is 9.47 Å². The van der Waals surface area contributed by atoms with Gasteiger partial charge in [-0.05, 0) is 64.2 Å². The molecule has 1 heterocycles. The van der Waals surface area contributed by atoms with E-state index < -0.39 is 49.5 Å². The van der Waals surface area contributed by atoms with Gasteiger partial charge in [0.2, 0.25) is 5.91 Å². The molecule has 9 nitrogen and oxygen atoms in total. The molecule has 0 radical (unpaired) electrons. The van der Waals surface area contributed by atoms with Gasteiger partial charge in [0.15, 0.2) is 6.29 Å². The van der Waals surface area contributed by atoms with E-state index in [0.29, 0.717) is 6.42 Å². The Balaban J connectivity index is 2.26. The molecular formula is C56H101NO8. The Kier molecular flexibility index (Phi) is 42.8. The van der Waals surface area contributed by atoms with Gasteiger partial charge in [0.1, 0.15) is 24.4 Å². The standard InChI is InChI=1S/C56H101NO8/c1-3-5-7-9-11-13-15-17-19-20-21-22-23-24-25-26-27-28-29-30-32-33-35-37-39-41-43-45-50(59)49(48-64-56-55(63)54(62)53(61)51(47-58)65-56)57-52(60)46-44-42-40-38-36-34-31-18-16-14-12-10-8-6-4-2/h6,8,12,14,18,31,35,37,43,45,49-51,53-56,58-59,61-63H,3-5,7,9-11,13,15-17,19-30,32-34,36,38-42,44,46-48H2,1-2H3,(H,57,60)/b8-6-,14-12-,31-18-,37-35+,45-43+. The molecule has 1 fully saturated rings. The molecule has 0 spiro atoms. The molecule has 1 rings (SSSR count). The first-order chi connectivity index (χ1) is 31.8. The molecule has 1 saturated heterocycles. The van der Waals surface area contributed by atoms with Crippen molar-refractivity contribution < 1.29 is 39.8 Å². The molecule has 0 saturated carbocycles. The zero-order valence-electron chi connectivity index (χ0n) is 41.7. The largest absolute Gasteiger partial charge is 0.394 e. The summed E-state index contributed by atoms with van der Waals surface area (Å²) in [7, 11) is 0. The van der Waals surface area contributed by atoms with E-state index in [0.717, 1.165) is 77.0 Å². The number of nitrogens with one attached hydrogen (secondary N) is 1. The van der Waals surface area contributed by atoms with Crippen molar-refractivity contribution >= 4 is 5.91 Å². The van der Waals surface area contributed by atoms with Crippen molar-refractivity contribution in [3.05, 3.63) is 60.8 Å². The van der Waals surface area contributed by atoms with Crippen LogP contribution in [0.4, 0.5) is 0 Å². The predicted octanol–water partition coefficient (Wildman–Crippen LogP) is 12.7. The molecule has 7 atom stereocenters. The number of hydrogen-bond acceptors (Lipinski definition) is 8. The van der Waals surface area contributed by atoms with Crippen LogP contribution in [0.1, 0.15) is 232 Å². The van der Waals surface area contributed by atoms with Crippen molar-refractivity contribution in [1.82, 2.24) is 5.32 Å². The van der Waals surface area contributed by atoms with Crippen LogP contribution in [0.15, 0.2) is 60.8 Å². The molecule has 378 valence electrons. The van der Waals surface area contributed by atoms with Crippen LogP contribution in [0, 0.1) is 0 Å². The molecule has 7 unspecified atom stereocenters. The smallest absolute Gasteiger partial charge is 0.220 e. The third kappa shape index (κ3) is 35.7. The van der Waals surface area contributed by atoms with Gasteiger partial charge in [-0.3, -0.25) is 4.79 Å². The fourth-order valence-corrected chi connectivity index (χ4v) is 8.30. The molecule has 0 aromatic heterocycles. The highest BCUT2D eigenvalue weighted by molar-refractivity contribution is 5.76. The predicted molar refractivity (Wildman–Crippen MR) is 272 cm³/mol. The Morgan fingerprint density at radius 2 is 0.969 bits per heavy atom. The molecule has 65 heavy (non-hydrogen) atoms. The Morgan fingerprint density at radius 1 is 0.538 bits per heavy atom. The summed E-state index contributed by atoms with van der Waals surface area (Å²) in [4.78, 5) is 13.0. The summed E-state index contributed by atoms with van der Waals surface area (Å²) in [6, 6.07) is -0.833. The van der Waals surface area contributed by atoms with Crippen molar-refractivity contribution in [3.63, 3.8) is 0 Å². The van der Waals surface area contributed by atoms with E-state index in [2.05, 4.69) is 67.8 Å². The van der Waals surface area contributed by atoms with Gasteiger partial charge in [-0.15, -0.1) is 0 Å². The lowest BCUT2D eigenvalue weighted by Crippen LogP contribution is -2.60. The van der Waals surface area contributed by atoms with Crippen LogP contribution in [0.3, 0.4) is 0 Å². The van der Waals surface area contributed by atoms with Gasteiger partial charge in [-0.1, -0.05) is 222 Å². The van der Waals surface area contributed by atoms with E-state index in [1.807, 2.05) is 6.08 Å². The van der Waals surface area contributed by atoms with Crippen LogP contribution >= 0.6 is 0 Å². The summed E-state index contributed by atoms with van der Waals surface area (Å²) in [5.41, 5.74) is 0. The summed E-state index contributed by atoms with van der Waals surface area (Å²) in [5, 5.41) is 54.3. The molecule has 0 aliphatic carbocycles. The maximum Gasteiger partial charge on any atom is 0.220 e. The van der Waals surface area contributed by atoms with Gasteiger partial charge in [-0.25, -0.2) is 0 Å². The average Bonchev–Trinajstić information content (AvgIpc) is 3.31. The van der Waals surface area contributed by atoms with Gasteiger partial charge in [0, 0.05) is 6.42 Å². The number of hydrogen-bond donors (Lipinski definition) is 6. The zero-order chi connectivity index (χ0) is 47.3. The number of aliphatic hydroxyl groups is 5. The van der Waals surface area contributed by atoms with E-state index in [1.165, 1.54) is 135 Å². The lowest BCUT2D eigenvalue weighted by molar-refractivity contribution is -0.302. The third-order valence-corrected chi connectivity index (χ3v) is 12.6. The number of carbonyl (C=O) groups is 1. The van der Waals surface area contributed by atoms with Crippen molar-refractivity contribution in [3.8, 4) is 0 Å². The first-order valence-corrected chi connectivity index (χ1v) is 27.0. The van der Waals surface area contributed by atoms with Crippen LogP contribution in [-0.4, -0.2) is 87.5 Å². The SMILES string of the molecule is CC/C=C\C/C=C\C/C=C\CCCCCCCC(=O)NC(COC1OC(CO)C(O)C(O)C1O)C(O)/C=C/CC/C=C/CCCCCCCCCCCCCCCCCCCCCCC. The molecule has 1 aliphatic heterocycles. The molecular weight excluding hydrogens is 815 g/mol. The topological polar surface area (TPSA) is 149 Å². The van der Waals surface area contributed by atoms with Gasteiger partial charge in [0.25, 0.3) is 0 Å². The molecule has 0 aromatic carbocycles. The minimum Gasteiger partial charge on any atom is -0.394 e. The molecule has 0 aromatic rings. The fraction of sp³-hybridized carbons (Fsp3) is 0.804. The average molecular weight is 916 g/mol. The lowest BCUT2D eigenvalue weighted by Gasteiger charge is -2.40. The monoisotopic (exact) mass is 916 g/mol. The Hall–Kier alpha value is -2.11. The van der Waals surface area contributed by atoms with Crippen molar-refractivity contribution in [2.45, 2.75) is 275 Å². The minimum atomic E-state index is -1.58. The van der Waals surface area contributed by atoms with E-state index in [1.54, 1.807) is 6.08 Å². The Morgan fingerprint density at radius 3 is 1.48 bits per heavy atom. The first kappa shape index (κ1) is 60.9. The van der Waals surface area contributed by atoms with Gasteiger partial charge in [-0.2, -0.15) is 0 Å². The normalized spacial score (nSPS) is 20.4. The lowest BCUT2D eigenvalue weighted by atomic mass is 9.99. The highest BCUT2D eigenvalue weighted by Gasteiger charge is 2.44. The molecule has 1 amide bonds. The molecule has 1 aliphatic rings. The summed E-state index contributed by atoms with van der Waals surface area (Å²) < 4.78 is 11.2. The van der Waals surface area contributed by atoms with Gasteiger partial charge < -0.3 is 40.3 Å². The Bertz CT molecular complexity index is 1200. The van der Waals surface area contributed by atoms with E-state index in [-0.39, 0.29) is 12.5 Å². The number of aliphatic hydroxyl groups excluding tert-OH is 5. The maximum atomic E-state index is 13.0. The quantitative estimate of drug-likeness (QED) is 0.0261. The maximum absolute atomic E-state index is 13.0. The molecule has 0 bridgehead atoms. The highest BCUT2D eigenvalue weighted by Crippen LogP contribution is 2.23. The zero-order valence-corrected chi connectivity index (χ0v) is 41.7. The van der Waals surface area contributed by atoms with E-state index in [9.17, 15) is 30.3 Å². The van der Waals surface area contributed by atoms with Crippen LogP contribution in [-0.2, 0) is 14.3 Å². The number of amides is 1. The summed E-state index contributed by atoms with van der Waals surface area (Å²) in [6.45, 7) is 3.65. The second-order valence-electron chi connectivity index (χ2n) is 18.6. The summed E-state index contributed by atoms with van der Waals surface area (Å²) in [6.07, 6.45) is 54.4. The summed E-state index contributed by atoms with van der Waals surface area (Å²) in [5.74, 6) is -0.204. The number of ether oxygens (including phenoxy) is 2. The minimum absolute atomic E-state index is 0.204. The van der Waals surface area contributed by atoms with Crippen molar-refractivity contribution in [2.24, 2.45) is 0 Å². The number of carbonyl (C=O) groups excluding carboxylic acids is 1. The van der Waals surface area contributed by atoms with Crippen molar-refractivity contribution in [2.75, 3.05) is 13.2 Å². The van der Waals surface area contributed by atoms with Crippen LogP contribution < -0.4 is 5.32 Å².